The molecule has 4 rings (SSSR count). The van der Waals surface area contributed by atoms with E-state index in [0.29, 0.717) is 19.0 Å². The van der Waals surface area contributed by atoms with Crippen molar-refractivity contribution >= 4 is 28.8 Å². The third kappa shape index (κ3) is 3.46. The van der Waals surface area contributed by atoms with Crippen molar-refractivity contribution < 1.29 is 14.4 Å². The Kier molecular flexibility index (Phi) is 4.68. The number of hydrogen-bond donors (Lipinski definition) is 0. The predicted molar refractivity (Wildman–Crippen MR) is 99.7 cm³/mol. The maximum atomic E-state index is 12.5. The summed E-state index contributed by atoms with van der Waals surface area (Å²) in [6, 6.07) is 8.15. The van der Waals surface area contributed by atoms with Gasteiger partial charge in [-0.05, 0) is 37.8 Å². The molecule has 0 bridgehead atoms. The molecular formula is C20H24N4O3. The third-order valence-corrected chi connectivity index (χ3v) is 5.70. The molecule has 2 aliphatic heterocycles. The Morgan fingerprint density at radius 2 is 1.78 bits per heavy atom. The molecule has 27 heavy (non-hydrogen) atoms. The maximum Gasteiger partial charge on any atom is 0.242 e. The van der Waals surface area contributed by atoms with Gasteiger partial charge in [-0.1, -0.05) is 12.1 Å². The van der Waals surface area contributed by atoms with Crippen molar-refractivity contribution in [3.63, 3.8) is 0 Å². The van der Waals surface area contributed by atoms with Gasteiger partial charge in [-0.3, -0.25) is 19.3 Å². The normalized spacial score (nSPS) is 18.7. The lowest BCUT2D eigenvalue weighted by Gasteiger charge is -2.33. The van der Waals surface area contributed by atoms with Gasteiger partial charge in [-0.2, -0.15) is 0 Å². The van der Waals surface area contributed by atoms with Crippen LogP contribution >= 0.6 is 0 Å². The number of aryl methyl sites for hydroxylation is 1. The van der Waals surface area contributed by atoms with E-state index in [0.717, 1.165) is 41.1 Å². The number of para-hydroxylation sites is 2. The quantitative estimate of drug-likeness (QED) is 0.771. The number of likely N-dealkylation sites (tertiary alicyclic amines) is 2. The Balaban J connectivity index is 1.35. The molecule has 3 amide bonds. The first-order valence-corrected chi connectivity index (χ1v) is 9.56. The molecule has 2 saturated heterocycles. The highest BCUT2D eigenvalue weighted by molar-refractivity contribution is 6.04. The molecule has 0 unspecified atom stereocenters. The summed E-state index contributed by atoms with van der Waals surface area (Å²) < 4.78 is 2.26. The van der Waals surface area contributed by atoms with Crippen LogP contribution in [-0.4, -0.2) is 56.7 Å². The predicted octanol–water partition coefficient (Wildman–Crippen LogP) is 1.73. The van der Waals surface area contributed by atoms with Gasteiger partial charge in [0.1, 0.15) is 12.4 Å². The Morgan fingerprint density at radius 1 is 1.11 bits per heavy atom. The summed E-state index contributed by atoms with van der Waals surface area (Å²) in [4.78, 5) is 43.4. The first kappa shape index (κ1) is 17.7. The van der Waals surface area contributed by atoms with Crippen molar-refractivity contribution in [3.05, 3.63) is 30.1 Å². The molecule has 0 aliphatic carbocycles. The number of carbonyl (C=O) groups excluding carboxylic acids is 3. The van der Waals surface area contributed by atoms with Gasteiger partial charge < -0.3 is 9.47 Å². The van der Waals surface area contributed by atoms with Crippen molar-refractivity contribution in [2.45, 2.75) is 39.2 Å². The van der Waals surface area contributed by atoms with Crippen LogP contribution < -0.4 is 0 Å². The smallest absolute Gasteiger partial charge is 0.242 e. The molecule has 0 atom stereocenters. The summed E-state index contributed by atoms with van der Waals surface area (Å²) in [7, 11) is 0. The lowest BCUT2D eigenvalue weighted by molar-refractivity contribution is -0.146. The molecule has 7 nitrogen and oxygen atoms in total. The standard InChI is InChI=1S/C20H24N4O3/c1-14-21-16-4-2-3-5-17(16)23(14)12-15-8-10-22(11-9-15)20(27)13-24-18(25)6-7-19(24)26/h2-5,15H,6-13H2,1H3. The van der Waals surface area contributed by atoms with Gasteiger partial charge in [0.15, 0.2) is 0 Å². The van der Waals surface area contributed by atoms with E-state index in [1.807, 2.05) is 25.1 Å². The van der Waals surface area contributed by atoms with Gasteiger partial charge in [0.25, 0.3) is 0 Å². The molecule has 142 valence electrons. The molecule has 0 spiro atoms. The zero-order valence-electron chi connectivity index (χ0n) is 15.6. The topological polar surface area (TPSA) is 75.5 Å². The third-order valence-electron chi connectivity index (χ3n) is 5.70. The average molecular weight is 368 g/mol. The number of benzene rings is 1. The summed E-state index contributed by atoms with van der Waals surface area (Å²) >= 11 is 0. The fourth-order valence-electron chi connectivity index (χ4n) is 4.08. The number of rotatable bonds is 4. The second-order valence-corrected chi connectivity index (χ2v) is 7.46. The van der Waals surface area contributed by atoms with Crippen LogP contribution in [0.25, 0.3) is 11.0 Å². The van der Waals surface area contributed by atoms with Crippen LogP contribution in [0.2, 0.25) is 0 Å². The van der Waals surface area contributed by atoms with Crippen LogP contribution in [0.4, 0.5) is 0 Å². The summed E-state index contributed by atoms with van der Waals surface area (Å²) in [5.74, 6) is 0.916. The summed E-state index contributed by atoms with van der Waals surface area (Å²) in [5.41, 5.74) is 2.17. The Bertz CT molecular complexity index is 880. The zero-order chi connectivity index (χ0) is 19.0. The van der Waals surface area contributed by atoms with E-state index < -0.39 is 0 Å². The first-order chi connectivity index (χ1) is 13.0. The summed E-state index contributed by atoms with van der Waals surface area (Å²) in [5, 5.41) is 0. The number of hydrogen-bond acceptors (Lipinski definition) is 4. The van der Waals surface area contributed by atoms with E-state index in [2.05, 4.69) is 15.6 Å². The fraction of sp³-hybridized carbons (Fsp3) is 0.500. The minimum atomic E-state index is -0.231. The molecular weight excluding hydrogens is 344 g/mol. The molecule has 1 aromatic carbocycles. The Labute approximate surface area is 157 Å². The average Bonchev–Trinajstić information content (AvgIpc) is 3.16. The van der Waals surface area contributed by atoms with E-state index in [9.17, 15) is 14.4 Å². The van der Waals surface area contributed by atoms with Gasteiger partial charge in [-0.15, -0.1) is 0 Å². The molecule has 1 aromatic heterocycles. The monoisotopic (exact) mass is 368 g/mol. The van der Waals surface area contributed by atoms with Gasteiger partial charge in [0.2, 0.25) is 17.7 Å². The lowest BCUT2D eigenvalue weighted by atomic mass is 9.96. The largest absolute Gasteiger partial charge is 0.341 e. The number of fused-ring (bicyclic) bond motifs is 1. The van der Waals surface area contributed by atoms with Crippen molar-refractivity contribution in [3.8, 4) is 0 Å². The Morgan fingerprint density at radius 3 is 2.48 bits per heavy atom. The minimum absolute atomic E-state index is 0.104. The first-order valence-electron chi connectivity index (χ1n) is 9.56. The number of aromatic nitrogens is 2. The minimum Gasteiger partial charge on any atom is -0.341 e. The second kappa shape index (κ2) is 7.13. The number of amides is 3. The number of imidazole rings is 1. The number of piperidine rings is 1. The van der Waals surface area contributed by atoms with Gasteiger partial charge in [0.05, 0.1) is 11.0 Å². The molecule has 3 heterocycles. The van der Waals surface area contributed by atoms with Crippen LogP contribution in [0.5, 0.6) is 0 Å². The van der Waals surface area contributed by atoms with Crippen molar-refractivity contribution in [2.75, 3.05) is 19.6 Å². The lowest BCUT2D eigenvalue weighted by Crippen LogP contribution is -2.45. The van der Waals surface area contributed by atoms with E-state index in [-0.39, 0.29) is 37.1 Å². The van der Waals surface area contributed by atoms with E-state index >= 15 is 0 Å². The van der Waals surface area contributed by atoms with E-state index in [1.54, 1.807) is 4.90 Å². The molecule has 2 fully saturated rings. The molecule has 0 radical (unpaired) electrons. The number of nitrogens with zero attached hydrogens (tertiary/aromatic N) is 4. The molecule has 2 aliphatic rings. The highest BCUT2D eigenvalue weighted by Crippen LogP contribution is 2.24. The molecule has 2 aromatic rings. The van der Waals surface area contributed by atoms with E-state index in [1.165, 1.54) is 0 Å². The van der Waals surface area contributed by atoms with Crippen LogP contribution in [-0.2, 0) is 20.9 Å². The van der Waals surface area contributed by atoms with Crippen molar-refractivity contribution in [2.24, 2.45) is 5.92 Å². The van der Waals surface area contributed by atoms with Gasteiger partial charge in [0, 0.05) is 32.5 Å². The highest BCUT2D eigenvalue weighted by Gasteiger charge is 2.32. The van der Waals surface area contributed by atoms with Gasteiger partial charge >= 0.3 is 0 Å². The number of carbonyl (C=O) groups is 3. The van der Waals surface area contributed by atoms with Crippen molar-refractivity contribution in [1.29, 1.82) is 0 Å². The maximum absolute atomic E-state index is 12.5. The summed E-state index contributed by atoms with van der Waals surface area (Å²) in [6.45, 7) is 4.17. The van der Waals surface area contributed by atoms with Gasteiger partial charge in [-0.25, -0.2) is 4.98 Å². The molecule has 0 saturated carbocycles. The number of imide groups is 1. The molecule has 0 N–H and O–H groups in total. The van der Waals surface area contributed by atoms with Crippen molar-refractivity contribution in [1.82, 2.24) is 19.4 Å². The van der Waals surface area contributed by atoms with E-state index in [4.69, 9.17) is 0 Å². The van der Waals surface area contributed by atoms with Crippen LogP contribution in [0.1, 0.15) is 31.5 Å². The zero-order valence-corrected chi connectivity index (χ0v) is 15.6. The fourth-order valence-corrected chi connectivity index (χ4v) is 4.08. The SMILES string of the molecule is Cc1nc2ccccc2n1CC1CCN(C(=O)CN2C(=O)CCC2=O)CC1. The van der Waals surface area contributed by atoms with Crippen LogP contribution in [0.3, 0.4) is 0 Å². The second-order valence-electron chi connectivity index (χ2n) is 7.46. The van der Waals surface area contributed by atoms with Crippen LogP contribution in [0, 0.1) is 12.8 Å². The Hall–Kier alpha value is -2.70. The van der Waals surface area contributed by atoms with Crippen LogP contribution in [0.15, 0.2) is 24.3 Å². The highest BCUT2D eigenvalue weighted by atomic mass is 16.2. The summed E-state index contributed by atoms with van der Waals surface area (Å²) in [6.07, 6.45) is 2.29. The molecule has 7 heteroatoms.